The second-order valence-electron chi connectivity index (χ2n) is 7.70. The van der Waals surface area contributed by atoms with Crippen molar-refractivity contribution in [2.45, 2.75) is 24.7 Å². The fourth-order valence-corrected chi connectivity index (χ4v) is 6.84. The summed E-state index contributed by atoms with van der Waals surface area (Å²) in [6, 6.07) is 9.49. The summed E-state index contributed by atoms with van der Waals surface area (Å²) in [5.74, 6) is -0.117. The number of rotatable bonds is 3. The van der Waals surface area contributed by atoms with Gasteiger partial charge in [0.2, 0.25) is 10.0 Å². The maximum absolute atomic E-state index is 12.9. The SMILES string of the molecule is CC1CCCN(S(=O)(=O)c2ccc(C(=O)N=c3sc4ccc(Cl)c(Cl)c4n3C)cc2)C1. The molecule has 0 spiro atoms. The molecule has 4 rings (SSSR count). The molecule has 1 fully saturated rings. The van der Waals surface area contributed by atoms with Crippen LogP contribution < -0.4 is 4.80 Å². The van der Waals surface area contributed by atoms with Crippen LogP contribution in [0.3, 0.4) is 0 Å². The molecule has 1 atom stereocenters. The molecule has 6 nitrogen and oxygen atoms in total. The number of amides is 1. The van der Waals surface area contributed by atoms with Gasteiger partial charge in [-0.15, -0.1) is 0 Å². The number of benzene rings is 2. The number of hydrogen-bond acceptors (Lipinski definition) is 4. The van der Waals surface area contributed by atoms with Gasteiger partial charge in [-0.2, -0.15) is 9.30 Å². The van der Waals surface area contributed by atoms with Crippen LogP contribution in [0.5, 0.6) is 0 Å². The van der Waals surface area contributed by atoms with Crippen molar-refractivity contribution in [2.24, 2.45) is 18.0 Å². The van der Waals surface area contributed by atoms with Crippen LogP contribution in [0.4, 0.5) is 0 Å². The van der Waals surface area contributed by atoms with Crippen molar-refractivity contribution in [3.8, 4) is 0 Å². The van der Waals surface area contributed by atoms with Gasteiger partial charge < -0.3 is 4.57 Å². The number of thiazole rings is 1. The number of carbonyl (C=O) groups excluding carboxylic acids is 1. The van der Waals surface area contributed by atoms with Crippen LogP contribution in [0.1, 0.15) is 30.1 Å². The first-order valence-corrected chi connectivity index (χ1v) is 12.8. The predicted octanol–water partition coefficient (Wildman–Crippen LogP) is 4.71. The molecule has 2 aromatic carbocycles. The highest BCUT2D eigenvalue weighted by molar-refractivity contribution is 7.89. The number of nitrogens with zero attached hydrogens (tertiary/aromatic N) is 3. The Morgan fingerprint density at radius 1 is 1.16 bits per heavy atom. The van der Waals surface area contributed by atoms with Gasteiger partial charge in [-0.3, -0.25) is 4.79 Å². The Morgan fingerprint density at radius 2 is 1.87 bits per heavy atom. The molecule has 0 saturated carbocycles. The van der Waals surface area contributed by atoms with Gasteiger partial charge in [0.15, 0.2) is 4.80 Å². The minimum atomic E-state index is -3.57. The molecule has 2 heterocycles. The summed E-state index contributed by atoms with van der Waals surface area (Å²) in [6.45, 7) is 3.10. The number of halogens is 2. The van der Waals surface area contributed by atoms with E-state index in [2.05, 4.69) is 11.9 Å². The number of fused-ring (bicyclic) bond motifs is 1. The van der Waals surface area contributed by atoms with E-state index in [0.29, 0.717) is 44.9 Å². The lowest BCUT2D eigenvalue weighted by atomic mass is 10.0. The van der Waals surface area contributed by atoms with E-state index in [4.69, 9.17) is 23.2 Å². The first kappa shape index (κ1) is 22.5. The standard InChI is InChI=1S/C21H21Cl2N3O3S2/c1-13-4-3-11-26(12-13)31(28,29)15-7-5-14(6-8-15)20(27)24-21-25(2)19-17(30-21)10-9-16(22)18(19)23/h5-10,13H,3-4,11-12H2,1-2H3. The van der Waals surface area contributed by atoms with Crippen LogP contribution >= 0.6 is 34.5 Å². The second kappa shape index (κ2) is 8.67. The Morgan fingerprint density at radius 3 is 2.55 bits per heavy atom. The maximum atomic E-state index is 12.9. The Balaban J connectivity index is 1.63. The van der Waals surface area contributed by atoms with Crippen LogP contribution in [0, 0.1) is 5.92 Å². The lowest BCUT2D eigenvalue weighted by Crippen LogP contribution is -2.39. The number of aryl methyl sites for hydroxylation is 1. The molecule has 164 valence electrons. The van der Waals surface area contributed by atoms with Gasteiger partial charge in [0.25, 0.3) is 5.91 Å². The summed E-state index contributed by atoms with van der Waals surface area (Å²) >= 11 is 13.7. The van der Waals surface area contributed by atoms with Gasteiger partial charge >= 0.3 is 0 Å². The summed E-state index contributed by atoms with van der Waals surface area (Å²) in [6.07, 6.45) is 1.89. The lowest BCUT2D eigenvalue weighted by molar-refractivity contribution is 0.0998. The molecular weight excluding hydrogens is 477 g/mol. The van der Waals surface area contributed by atoms with Crippen LogP contribution in [0.25, 0.3) is 10.2 Å². The Bertz CT molecular complexity index is 1330. The van der Waals surface area contributed by atoms with Gasteiger partial charge in [0.05, 0.1) is 25.2 Å². The highest BCUT2D eigenvalue weighted by atomic mass is 35.5. The number of sulfonamides is 1. The molecule has 1 unspecified atom stereocenters. The van der Waals surface area contributed by atoms with Crippen molar-refractivity contribution in [1.82, 2.24) is 8.87 Å². The van der Waals surface area contributed by atoms with E-state index in [1.54, 1.807) is 17.7 Å². The first-order valence-electron chi connectivity index (χ1n) is 9.81. The van der Waals surface area contributed by atoms with Gasteiger partial charge in [-0.1, -0.05) is 41.5 Å². The number of carbonyl (C=O) groups is 1. The van der Waals surface area contributed by atoms with Crippen molar-refractivity contribution in [1.29, 1.82) is 0 Å². The van der Waals surface area contributed by atoms with E-state index < -0.39 is 15.9 Å². The smallest absolute Gasteiger partial charge is 0.279 e. The zero-order valence-electron chi connectivity index (χ0n) is 17.0. The Labute approximate surface area is 194 Å². The minimum absolute atomic E-state index is 0.187. The summed E-state index contributed by atoms with van der Waals surface area (Å²) in [7, 11) is -1.80. The highest BCUT2D eigenvalue weighted by Gasteiger charge is 2.28. The zero-order chi connectivity index (χ0) is 22.3. The Kier molecular flexibility index (Phi) is 6.29. The molecule has 31 heavy (non-hydrogen) atoms. The molecule has 0 N–H and O–H groups in total. The van der Waals surface area contributed by atoms with E-state index in [1.165, 1.54) is 39.9 Å². The molecule has 0 bridgehead atoms. The third-order valence-corrected chi connectivity index (χ3v) is 9.18. The number of piperidine rings is 1. The van der Waals surface area contributed by atoms with E-state index >= 15 is 0 Å². The molecule has 1 aliphatic rings. The summed E-state index contributed by atoms with van der Waals surface area (Å²) < 4.78 is 29.9. The molecule has 1 aliphatic heterocycles. The van der Waals surface area contributed by atoms with Gasteiger partial charge in [-0.05, 0) is 55.2 Å². The largest absolute Gasteiger partial charge is 0.318 e. The van der Waals surface area contributed by atoms with Crippen LogP contribution in [-0.4, -0.2) is 36.3 Å². The van der Waals surface area contributed by atoms with Crippen LogP contribution in [0.2, 0.25) is 10.0 Å². The number of hydrogen-bond donors (Lipinski definition) is 0. The van der Waals surface area contributed by atoms with Crippen LogP contribution in [0.15, 0.2) is 46.3 Å². The fraction of sp³-hybridized carbons (Fsp3) is 0.333. The van der Waals surface area contributed by atoms with E-state index in [1.807, 2.05) is 6.07 Å². The molecule has 1 saturated heterocycles. The summed E-state index contributed by atoms with van der Waals surface area (Å²) in [4.78, 5) is 17.6. The highest BCUT2D eigenvalue weighted by Crippen LogP contribution is 2.31. The first-order chi connectivity index (χ1) is 14.7. The van der Waals surface area contributed by atoms with Crippen LogP contribution in [-0.2, 0) is 17.1 Å². The van der Waals surface area contributed by atoms with E-state index in [9.17, 15) is 13.2 Å². The molecule has 0 aliphatic carbocycles. The quantitative estimate of drug-likeness (QED) is 0.525. The molecule has 1 amide bonds. The Hall–Kier alpha value is -1.71. The van der Waals surface area contributed by atoms with E-state index in [-0.39, 0.29) is 4.90 Å². The lowest BCUT2D eigenvalue weighted by Gasteiger charge is -2.30. The van der Waals surface area contributed by atoms with Crippen molar-refractivity contribution in [2.75, 3.05) is 13.1 Å². The molecule has 1 aromatic heterocycles. The van der Waals surface area contributed by atoms with Crippen molar-refractivity contribution >= 4 is 60.7 Å². The van der Waals surface area contributed by atoms with Gasteiger partial charge in [0.1, 0.15) is 0 Å². The minimum Gasteiger partial charge on any atom is -0.318 e. The average molecular weight is 498 g/mol. The van der Waals surface area contributed by atoms with Crippen molar-refractivity contribution < 1.29 is 13.2 Å². The van der Waals surface area contributed by atoms with Crippen molar-refractivity contribution in [3.63, 3.8) is 0 Å². The third kappa shape index (κ3) is 4.32. The molecule has 3 aromatic rings. The number of aromatic nitrogens is 1. The second-order valence-corrected chi connectivity index (χ2v) is 11.4. The predicted molar refractivity (Wildman–Crippen MR) is 124 cm³/mol. The zero-order valence-corrected chi connectivity index (χ0v) is 20.2. The van der Waals surface area contributed by atoms with Gasteiger partial charge in [-0.25, -0.2) is 8.42 Å². The van der Waals surface area contributed by atoms with E-state index in [0.717, 1.165) is 17.5 Å². The molecule has 0 radical (unpaired) electrons. The maximum Gasteiger partial charge on any atom is 0.279 e. The summed E-state index contributed by atoms with van der Waals surface area (Å²) in [5.41, 5.74) is 1.02. The normalized spacial score (nSPS) is 18.6. The average Bonchev–Trinajstić information content (AvgIpc) is 3.06. The third-order valence-electron chi connectivity index (χ3n) is 5.41. The fourth-order valence-electron chi connectivity index (χ4n) is 3.71. The summed E-state index contributed by atoms with van der Waals surface area (Å²) in [5, 5.41) is 0.841. The molecular formula is C21H21Cl2N3O3S2. The topological polar surface area (TPSA) is 71.7 Å². The van der Waals surface area contributed by atoms with Crippen molar-refractivity contribution in [3.05, 3.63) is 56.8 Å². The molecule has 10 heteroatoms. The van der Waals surface area contributed by atoms with Gasteiger partial charge in [0, 0.05) is 25.7 Å². The monoisotopic (exact) mass is 497 g/mol.